The van der Waals surface area contributed by atoms with Gasteiger partial charge in [0.25, 0.3) is 10.0 Å². The summed E-state index contributed by atoms with van der Waals surface area (Å²) in [6, 6.07) is 8.46. The second-order valence-electron chi connectivity index (χ2n) is 4.79. The summed E-state index contributed by atoms with van der Waals surface area (Å²) in [5.41, 5.74) is 2.18. The first kappa shape index (κ1) is 15.5. The number of hydrogen-bond acceptors (Lipinski definition) is 3. The summed E-state index contributed by atoms with van der Waals surface area (Å²) in [6.45, 7) is 1.91. The molecule has 0 bridgehead atoms. The summed E-state index contributed by atoms with van der Waals surface area (Å²) >= 11 is 6.81. The zero-order chi connectivity index (χ0) is 15.9. The first-order valence-electron chi connectivity index (χ1n) is 6.29. The summed E-state index contributed by atoms with van der Waals surface area (Å²) in [5, 5.41) is 7.48. The van der Waals surface area contributed by atoms with Gasteiger partial charge in [-0.1, -0.05) is 17.7 Å². The Kier molecular flexibility index (Phi) is 4.00. The van der Waals surface area contributed by atoms with E-state index >= 15 is 0 Å². The number of anilines is 1. The number of aromatic nitrogens is 2. The fourth-order valence-corrected chi connectivity index (χ4v) is 4.67. The molecule has 3 rings (SSSR count). The topological polar surface area (TPSA) is 74.8 Å². The molecule has 0 saturated heterocycles. The van der Waals surface area contributed by atoms with Crippen LogP contribution in [0.4, 0.5) is 5.69 Å². The van der Waals surface area contributed by atoms with Gasteiger partial charge in [0.15, 0.2) is 0 Å². The lowest BCUT2D eigenvalue weighted by Gasteiger charge is -2.12. The van der Waals surface area contributed by atoms with Crippen molar-refractivity contribution in [3.63, 3.8) is 0 Å². The van der Waals surface area contributed by atoms with Crippen molar-refractivity contribution in [3.8, 4) is 0 Å². The molecule has 0 fully saturated rings. The van der Waals surface area contributed by atoms with Gasteiger partial charge in [0.05, 0.1) is 22.3 Å². The van der Waals surface area contributed by atoms with Gasteiger partial charge in [0, 0.05) is 14.3 Å². The molecule has 0 amide bonds. The molecule has 1 heterocycles. The number of nitrogens with one attached hydrogen (secondary N) is 2. The van der Waals surface area contributed by atoms with Crippen LogP contribution in [0.25, 0.3) is 10.9 Å². The molecule has 0 saturated carbocycles. The van der Waals surface area contributed by atoms with E-state index in [-0.39, 0.29) is 4.90 Å². The molecule has 0 unspecified atom stereocenters. The molecule has 0 spiro atoms. The van der Waals surface area contributed by atoms with E-state index in [1.54, 1.807) is 36.5 Å². The molecule has 3 aromatic rings. The zero-order valence-electron chi connectivity index (χ0n) is 11.4. The monoisotopic (exact) mass is 443 g/mol. The van der Waals surface area contributed by atoms with Crippen LogP contribution in [-0.2, 0) is 10.0 Å². The van der Waals surface area contributed by atoms with Crippen LogP contribution in [0, 0.1) is 6.92 Å². The molecule has 0 aliphatic heterocycles. The Bertz CT molecular complexity index is 950. The first-order chi connectivity index (χ1) is 10.4. The number of fused-ring (bicyclic) bond motifs is 1. The van der Waals surface area contributed by atoms with Gasteiger partial charge in [0.1, 0.15) is 0 Å². The number of hydrogen-bond donors (Lipinski definition) is 2. The number of halogens is 2. The highest BCUT2D eigenvalue weighted by Gasteiger charge is 2.19. The number of rotatable bonds is 3. The van der Waals surface area contributed by atoms with E-state index in [4.69, 9.17) is 0 Å². The van der Waals surface area contributed by atoms with Gasteiger partial charge < -0.3 is 0 Å². The smallest absolute Gasteiger partial charge is 0.261 e. The molecular weight excluding hydrogens is 434 g/mol. The maximum atomic E-state index is 12.5. The quantitative estimate of drug-likeness (QED) is 0.635. The van der Waals surface area contributed by atoms with Crippen LogP contribution < -0.4 is 4.72 Å². The Labute approximate surface area is 144 Å². The highest BCUT2D eigenvalue weighted by Crippen LogP contribution is 2.36. The normalized spacial score (nSPS) is 11.8. The van der Waals surface area contributed by atoms with Crippen molar-refractivity contribution in [3.05, 3.63) is 51.0 Å². The van der Waals surface area contributed by atoms with E-state index in [0.717, 1.165) is 15.6 Å². The van der Waals surface area contributed by atoms with E-state index in [1.165, 1.54) is 0 Å². The van der Waals surface area contributed by atoms with Crippen LogP contribution >= 0.6 is 31.9 Å². The number of aromatic amines is 1. The number of benzene rings is 2. The molecule has 2 N–H and O–H groups in total. The van der Waals surface area contributed by atoms with Gasteiger partial charge in [-0.3, -0.25) is 9.82 Å². The summed E-state index contributed by atoms with van der Waals surface area (Å²) in [4.78, 5) is 0.213. The summed E-state index contributed by atoms with van der Waals surface area (Å²) in [7, 11) is -3.67. The third-order valence-corrected chi connectivity index (χ3v) is 5.82. The summed E-state index contributed by atoms with van der Waals surface area (Å²) in [5.74, 6) is 0. The predicted octanol–water partition coefficient (Wildman–Crippen LogP) is 4.20. The van der Waals surface area contributed by atoms with Gasteiger partial charge in [-0.15, -0.1) is 0 Å². The van der Waals surface area contributed by atoms with E-state index in [1.807, 2.05) is 6.92 Å². The molecule has 8 heteroatoms. The fourth-order valence-electron chi connectivity index (χ4n) is 2.06. The van der Waals surface area contributed by atoms with Crippen molar-refractivity contribution in [2.24, 2.45) is 0 Å². The van der Waals surface area contributed by atoms with Crippen molar-refractivity contribution >= 4 is 58.5 Å². The van der Waals surface area contributed by atoms with E-state index in [9.17, 15) is 8.42 Å². The molecule has 0 aliphatic carbocycles. The molecule has 2 aromatic carbocycles. The molecule has 0 radical (unpaired) electrons. The molecule has 5 nitrogen and oxygen atoms in total. The van der Waals surface area contributed by atoms with Crippen molar-refractivity contribution < 1.29 is 8.42 Å². The molecule has 22 heavy (non-hydrogen) atoms. The number of aryl methyl sites for hydroxylation is 1. The van der Waals surface area contributed by atoms with Crippen molar-refractivity contribution in [2.75, 3.05) is 4.72 Å². The van der Waals surface area contributed by atoms with Crippen LogP contribution in [0.3, 0.4) is 0 Å². The van der Waals surface area contributed by atoms with Gasteiger partial charge in [-0.25, -0.2) is 8.42 Å². The minimum absolute atomic E-state index is 0.213. The Balaban J connectivity index is 2.10. The fraction of sp³-hybridized carbons (Fsp3) is 0.0714. The predicted molar refractivity (Wildman–Crippen MR) is 93.5 cm³/mol. The second kappa shape index (κ2) is 5.68. The maximum Gasteiger partial charge on any atom is 0.261 e. The number of H-pyrrole nitrogens is 1. The molecule has 114 valence electrons. The highest BCUT2D eigenvalue weighted by atomic mass is 79.9. The van der Waals surface area contributed by atoms with Crippen LogP contribution in [0.5, 0.6) is 0 Å². The lowest BCUT2D eigenvalue weighted by molar-refractivity contribution is 0.601. The largest absolute Gasteiger partial charge is 0.278 e. The van der Waals surface area contributed by atoms with Crippen LogP contribution in [-0.4, -0.2) is 18.6 Å². The summed E-state index contributed by atoms with van der Waals surface area (Å²) in [6.07, 6.45) is 1.58. The van der Waals surface area contributed by atoms with Gasteiger partial charge in [-0.2, -0.15) is 5.10 Å². The zero-order valence-corrected chi connectivity index (χ0v) is 15.4. The summed E-state index contributed by atoms with van der Waals surface area (Å²) < 4.78 is 29.1. The van der Waals surface area contributed by atoms with E-state index < -0.39 is 10.0 Å². The minimum atomic E-state index is -3.67. The average Bonchev–Trinajstić information content (AvgIpc) is 2.94. The van der Waals surface area contributed by atoms with Crippen LogP contribution in [0.15, 0.2) is 50.4 Å². The standard InChI is InChI=1S/C14H11Br2N3O2S/c1-8-2-4-9(5-3-8)22(20,21)19-14-10-7-17-18-13(10)11(15)6-12(14)16/h2-7,19H,1H3,(H,17,18). The number of sulfonamides is 1. The van der Waals surface area contributed by atoms with Gasteiger partial charge >= 0.3 is 0 Å². The Morgan fingerprint density at radius 2 is 1.82 bits per heavy atom. The highest BCUT2D eigenvalue weighted by molar-refractivity contribution is 9.11. The minimum Gasteiger partial charge on any atom is -0.278 e. The SMILES string of the molecule is Cc1ccc(S(=O)(=O)Nc2c(Br)cc(Br)c3[nH]ncc23)cc1. The average molecular weight is 445 g/mol. The van der Waals surface area contributed by atoms with Crippen LogP contribution in [0.2, 0.25) is 0 Å². The third kappa shape index (κ3) is 2.78. The lowest BCUT2D eigenvalue weighted by Crippen LogP contribution is -2.13. The molecule has 0 aliphatic rings. The molecular formula is C14H11Br2N3O2S. The molecule has 0 atom stereocenters. The number of nitrogens with zero attached hydrogens (tertiary/aromatic N) is 1. The van der Waals surface area contributed by atoms with E-state index in [0.29, 0.717) is 15.5 Å². The van der Waals surface area contributed by atoms with Gasteiger partial charge in [-0.05, 0) is 57.0 Å². The lowest BCUT2D eigenvalue weighted by atomic mass is 10.2. The van der Waals surface area contributed by atoms with Crippen LogP contribution in [0.1, 0.15) is 5.56 Å². The van der Waals surface area contributed by atoms with Crippen molar-refractivity contribution in [2.45, 2.75) is 11.8 Å². The van der Waals surface area contributed by atoms with Crippen molar-refractivity contribution in [1.29, 1.82) is 0 Å². The Morgan fingerprint density at radius 1 is 1.14 bits per heavy atom. The maximum absolute atomic E-state index is 12.5. The molecule has 1 aromatic heterocycles. The Morgan fingerprint density at radius 3 is 2.50 bits per heavy atom. The first-order valence-corrected chi connectivity index (χ1v) is 9.36. The van der Waals surface area contributed by atoms with E-state index in [2.05, 4.69) is 46.8 Å². The second-order valence-corrected chi connectivity index (χ2v) is 8.18. The van der Waals surface area contributed by atoms with Gasteiger partial charge in [0.2, 0.25) is 0 Å². The third-order valence-electron chi connectivity index (χ3n) is 3.21. The van der Waals surface area contributed by atoms with Crippen molar-refractivity contribution in [1.82, 2.24) is 10.2 Å². The Hall–Kier alpha value is -1.38.